The number of carbonyl (C=O) groups excluding carboxylic acids is 1. The lowest BCUT2D eigenvalue weighted by Gasteiger charge is -2.02. The minimum atomic E-state index is -0.482. The maximum atomic E-state index is 13.2. The monoisotopic (exact) mass is 381 g/mol. The van der Waals surface area contributed by atoms with Crippen LogP contribution in [0.25, 0.3) is 5.69 Å². The summed E-state index contributed by atoms with van der Waals surface area (Å²) in [5, 5.41) is 2.93. The molecule has 1 N–H and O–H groups in total. The summed E-state index contributed by atoms with van der Waals surface area (Å²) in [6, 6.07) is 15.1. The van der Waals surface area contributed by atoms with Crippen LogP contribution in [0.5, 0.6) is 0 Å². The predicted molar refractivity (Wildman–Crippen MR) is 104 cm³/mol. The number of benzene rings is 2. The summed E-state index contributed by atoms with van der Waals surface area (Å²) in [5.41, 5.74) is 2.32. The fraction of sp³-hybridized carbons (Fsp3) is 0.190. The average molecular weight is 381 g/mol. The molecule has 2 aromatic carbocycles. The van der Waals surface area contributed by atoms with Gasteiger partial charge < -0.3 is 4.74 Å². The Kier molecular flexibility index (Phi) is 5.84. The van der Waals surface area contributed by atoms with E-state index in [2.05, 4.69) is 10.1 Å². The van der Waals surface area contributed by atoms with Crippen LogP contribution in [0, 0.1) is 5.82 Å². The average Bonchev–Trinajstić information content (AvgIpc) is 3.03. The van der Waals surface area contributed by atoms with Gasteiger partial charge in [0.25, 0.3) is 5.56 Å². The Balaban J connectivity index is 2.03. The van der Waals surface area contributed by atoms with Gasteiger partial charge in [0.2, 0.25) is 0 Å². The van der Waals surface area contributed by atoms with Crippen molar-refractivity contribution in [3.05, 3.63) is 87.6 Å². The van der Waals surface area contributed by atoms with E-state index >= 15 is 0 Å². The fourth-order valence-corrected chi connectivity index (χ4v) is 2.84. The molecule has 0 aliphatic carbocycles. The number of esters is 1. The first-order valence-electron chi connectivity index (χ1n) is 8.71. The Labute approximate surface area is 161 Å². The lowest BCUT2D eigenvalue weighted by molar-refractivity contribution is -0.139. The minimum Gasteiger partial charge on any atom is -0.469 e. The number of H-pyrrole nitrogens is 1. The number of hydrogen-bond acceptors (Lipinski definition) is 4. The highest BCUT2D eigenvalue weighted by molar-refractivity contribution is 6.00. The molecule has 0 aliphatic heterocycles. The molecule has 6 nitrogen and oxygen atoms in total. The van der Waals surface area contributed by atoms with Crippen LogP contribution < -0.4 is 5.56 Å². The molecule has 0 saturated carbocycles. The first-order valence-corrected chi connectivity index (χ1v) is 8.71. The number of methoxy groups -OCH3 is 1. The van der Waals surface area contributed by atoms with Crippen LogP contribution in [-0.2, 0) is 22.5 Å². The van der Waals surface area contributed by atoms with Crippen LogP contribution in [0.2, 0.25) is 0 Å². The molecule has 0 unspecified atom stereocenters. The summed E-state index contributed by atoms with van der Waals surface area (Å²) in [5.74, 6) is -0.886. The Bertz CT molecular complexity index is 1050. The number of aromatic amines is 1. The van der Waals surface area contributed by atoms with E-state index in [0.29, 0.717) is 29.2 Å². The third-order valence-corrected chi connectivity index (χ3v) is 4.30. The van der Waals surface area contributed by atoms with Crippen LogP contribution in [0.3, 0.4) is 0 Å². The lowest BCUT2D eigenvalue weighted by atomic mass is 10.1. The molecule has 1 heterocycles. The van der Waals surface area contributed by atoms with Crippen LogP contribution in [0.1, 0.15) is 23.7 Å². The van der Waals surface area contributed by atoms with Crippen molar-refractivity contribution in [3.8, 4) is 5.69 Å². The standard InChI is InChI=1S/C21H20FN3O3/c1-14(23-13-15-6-4-3-5-7-15)20-18(12-19(26)28-2)24-25(21(20)27)17-10-8-16(22)9-11-17/h3-11,24H,12-13H2,1-2H3. The predicted octanol–water partition coefficient (Wildman–Crippen LogP) is 3.03. The van der Waals surface area contributed by atoms with E-state index < -0.39 is 11.8 Å². The fourth-order valence-electron chi connectivity index (χ4n) is 2.84. The summed E-state index contributed by atoms with van der Waals surface area (Å²) in [4.78, 5) is 29.3. The third-order valence-electron chi connectivity index (χ3n) is 4.30. The molecule has 7 heteroatoms. The van der Waals surface area contributed by atoms with Gasteiger partial charge in [-0.15, -0.1) is 0 Å². The number of rotatable bonds is 6. The summed E-state index contributed by atoms with van der Waals surface area (Å²) in [6.07, 6.45) is -0.104. The number of halogens is 1. The molecule has 0 saturated heterocycles. The molecule has 0 amide bonds. The van der Waals surface area contributed by atoms with E-state index in [-0.39, 0.29) is 12.0 Å². The topological polar surface area (TPSA) is 76.5 Å². The zero-order valence-corrected chi connectivity index (χ0v) is 15.6. The van der Waals surface area contributed by atoms with Crippen molar-refractivity contribution in [3.63, 3.8) is 0 Å². The first-order chi connectivity index (χ1) is 13.5. The zero-order chi connectivity index (χ0) is 20.1. The molecule has 0 radical (unpaired) electrons. The molecular formula is C21H20FN3O3. The van der Waals surface area contributed by atoms with E-state index in [9.17, 15) is 14.0 Å². The zero-order valence-electron chi connectivity index (χ0n) is 15.6. The van der Waals surface area contributed by atoms with E-state index in [1.165, 1.54) is 36.1 Å². The van der Waals surface area contributed by atoms with Crippen molar-refractivity contribution in [2.75, 3.05) is 7.11 Å². The third kappa shape index (κ3) is 4.25. The second-order valence-electron chi connectivity index (χ2n) is 6.22. The number of aliphatic imine (C=N–C) groups is 1. The maximum Gasteiger partial charge on any atom is 0.311 e. The van der Waals surface area contributed by atoms with E-state index in [1.54, 1.807) is 6.92 Å². The van der Waals surface area contributed by atoms with Gasteiger partial charge in [0, 0.05) is 5.71 Å². The Morgan fingerprint density at radius 2 is 1.82 bits per heavy atom. The van der Waals surface area contributed by atoms with Crippen LogP contribution in [0.4, 0.5) is 4.39 Å². The number of ether oxygens (including phenoxy) is 1. The number of aromatic nitrogens is 2. The van der Waals surface area contributed by atoms with Crippen molar-refractivity contribution in [1.29, 1.82) is 0 Å². The Morgan fingerprint density at radius 3 is 2.46 bits per heavy atom. The maximum absolute atomic E-state index is 13.2. The van der Waals surface area contributed by atoms with Gasteiger partial charge in [-0.1, -0.05) is 30.3 Å². The van der Waals surface area contributed by atoms with Crippen molar-refractivity contribution >= 4 is 11.7 Å². The normalized spacial score (nSPS) is 11.5. The molecule has 0 aliphatic rings. The van der Waals surface area contributed by atoms with Gasteiger partial charge in [0.05, 0.1) is 37.0 Å². The highest BCUT2D eigenvalue weighted by Crippen LogP contribution is 2.12. The smallest absolute Gasteiger partial charge is 0.311 e. The number of hydrogen-bond donors (Lipinski definition) is 1. The Morgan fingerprint density at radius 1 is 1.14 bits per heavy atom. The summed E-state index contributed by atoms with van der Waals surface area (Å²) >= 11 is 0. The molecule has 3 rings (SSSR count). The van der Waals surface area contributed by atoms with Crippen LogP contribution in [0.15, 0.2) is 64.4 Å². The number of carbonyl (C=O) groups is 1. The van der Waals surface area contributed by atoms with Crippen molar-refractivity contribution in [1.82, 2.24) is 9.78 Å². The SMILES string of the molecule is COC(=O)Cc1[nH]n(-c2ccc(F)cc2)c(=O)c1C(C)=NCc1ccccc1. The van der Waals surface area contributed by atoms with Gasteiger partial charge in [-0.3, -0.25) is 19.7 Å². The Hall–Kier alpha value is -3.48. The van der Waals surface area contributed by atoms with Gasteiger partial charge in [0.1, 0.15) is 5.82 Å². The van der Waals surface area contributed by atoms with Gasteiger partial charge in [0.15, 0.2) is 0 Å². The summed E-state index contributed by atoms with van der Waals surface area (Å²) < 4.78 is 19.2. The van der Waals surface area contributed by atoms with E-state index in [4.69, 9.17) is 4.74 Å². The van der Waals surface area contributed by atoms with Crippen LogP contribution in [-0.4, -0.2) is 28.6 Å². The van der Waals surface area contributed by atoms with E-state index in [1.807, 2.05) is 30.3 Å². The molecule has 0 spiro atoms. The molecule has 0 bridgehead atoms. The lowest BCUT2D eigenvalue weighted by Crippen LogP contribution is -2.20. The highest BCUT2D eigenvalue weighted by atomic mass is 19.1. The molecular weight excluding hydrogens is 361 g/mol. The van der Waals surface area contributed by atoms with Crippen LogP contribution >= 0.6 is 0 Å². The summed E-state index contributed by atoms with van der Waals surface area (Å²) in [6.45, 7) is 2.13. The molecule has 144 valence electrons. The number of nitrogens with one attached hydrogen (secondary N) is 1. The van der Waals surface area contributed by atoms with Crippen molar-refractivity contribution < 1.29 is 13.9 Å². The molecule has 0 fully saturated rings. The second kappa shape index (κ2) is 8.47. The van der Waals surface area contributed by atoms with Crippen molar-refractivity contribution in [2.45, 2.75) is 19.9 Å². The van der Waals surface area contributed by atoms with Gasteiger partial charge >= 0.3 is 5.97 Å². The van der Waals surface area contributed by atoms with Gasteiger partial charge in [-0.05, 0) is 36.8 Å². The minimum absolute atomic E-state index is 0.104. The molecule has 3 aromatic rings. The molecule has 1 aromatic heterocycles. The van der Waals surface area contributed by atoms with Gasteiger partial charge in [-0.2, -0.15) is 0 Å². The number of nitrogens with zero attached hydrogens (tertiary/aromatic N) is 2. The molecule has 28 heavy (non-hydrogen) atoms. The first kappa shape index (κ1) is 19.3. The van der Waals surface area contributed by atoms with Gasteiger partial charge in [-0.25, -0.2) is 9.07 Å². The second-order valence-corrected chi connectivity index (χ2v) is 6.22. The quantitative estimate of drug-likeness (QED) is 0.527. The van der Waals surface area contributed by atoms with Crippen molar-refractivity contribution in [2.24, 2.45) is 4.99 Å². The largest absolute Gasteiger partial charge is 0.469 e. The van der Waals surface area contributed by atoms with E-state index in [0.717, 1.165) is 5.56 Å². The highest BCUT2D eigenvalue weighted by Gasteiger charge is 2.20. The molecule has 0 atom stereocenters. The summed E-state index contributed by atoms with van der Waals surface area (Å²) in [7, 11) is 1.29.